The lowest BCUT2D eigenvalue weighted by molar-refractivity contribution is 0.102. The summed E-state index contributed by atoms with van der Waals surface area (Å²) in [6.07, 6.45) is 5.17. The lowest BCUT2D eigenvalue weighted by Gasteiger charge is -2.31. The Morgan fingerprint density at radius 2 is 2.04 bits per heavy atom. The molecule has 120 valence electrons. The number of carbonyl (C=O) groups excluding carboxylic acids is 1. The average Bonchev–Trinajstić information content (AvgIpc) is 2.58. The van der Waals surface area contributed by atoms with Gasteiger partial charge < -0.3 is 10.2 Å². The molecule has 1 aliphatic rings. The molecule has 0 spiro atoms. The minimum Gasteiger partial charge on any atom is -0.357 e. The molecule has 0 aromatic carbocycles. The molecule has 5 nitrogen and oxygen atoms in total. The second kappa shape index (κ2) is 6.73. The molecule has 0 saturated carbocycles. The van der Waals surface area contributed by atoms with Crippen LogP contribution in [0.4, 0.5) is 15.9 Å². The molecule has 0 radical (unpaired) electrons. The van der Waals surface area contributed by atoms with Crippen molar-refractivity contribution in [1.29, 1.82) is 0 Å². The van der Waals surface area contributed by atoms with Gasteiger partial charge in [0.2, 0.25) is 5.95 Å². The first-order valence-electron chi connectivity index (χ1n) is 7.76. The highest BCUT2D eigenvalue weighted by Crippen LogP contribution is 2.21. The molecule has 1 saturated heterocycles. The fraction of sp³-hybridized carbons (Fsp3) is 0.353. The second-order valence-electron chi connectivity index (χ2n) is 5.87. The van der Waals surface area contributed by atoms with E-state index in [2.05, 4.69) is 27.1 Å². The summed E-state index contributed by atoms with van der Waals surface area (Å²) in [7, 11) is 0. The highest BCUT2D eigenvalue weighted by Gasteiger charge is 2.17. The average molecular weight is 314 g/mol. The van der Waals surface area contributed by atoms with Crippen molar-refractivity contribution >= 4 is 17.4 Å². The predicted molar refractivity (Wildman–Crippen MR) is 87.0 cm³/mol. The number of nitrogens with zero attached hydrogens (tertiary/aromatic N) is 3. The first-order chi connectivity index (χ1) is 11.1. The maximum absolute atomic E-state index is 13.5. The number of rotatable bonds is 3. The summed E-state index contributed by atoms with van der Waals surface area (Å²) in [5, 5.41) is 2.50. The maximum Gasteiger partial charge on any atom is 0.257 e. The molecule has 0 bridgehead atoms. The van der Waals surface area contributed by atoms with E-state index in [9.17, 15) is 9.18 Å². The van der Waals surface area contributed by atoms with Gasteiger partial charge in [0.25, 0.3) is 5.91 Å². The largest absolute Gasteiger partial charge is 0.357 e. The fourth-order valence-corrected chi connectivity index (χ4v) is 2.62. The lowest BCUT2D eigenvalue weighted by atomic mass is 9.99. The van der Waals surface area contributed by atoms with E-state index in [0.717, 1.165) is 37.7 Å². The molecule has 0 atom stereocenters. The zero-order chi connectivity index (χ0) is 16.2. The quantitative estimate of drug-likeness (QED) is 0.885. The minimum absolute atomic E-state index is 0.0617. The van der Waals surface area contributed by atoms with Crippen LogP contribution in [0.3, 0.4) is 0 Å². The lowest BCUT2D eigenvalue weighted by Crippen LogP contribution is -2.33. The van der Waals surface area contributed by atoms with E-state index in [4.69, 9.17) is 0 Å². The SMILES string of the molecule is CC1CCN(c2ccc(C(=O)Nc3cccnc3F)cn2)CC1. The van der Waals surface area contributed by atoms with Crippen molar-refractivity contribution in [3.8, 4) is 0 Å². The van der Waals surface area contributed by atoms with Crippen LogP contribution < -0.4 is 10.2 Å². The maximum atomic E-state index is 13.5. The van der Waals surface area contributed by atoms with E-state index in [0.29, 0.717) is 5.56 Å². The Morgan fingerprint density at radius 1 is 1.26 bits per heavy atom. The van der Waals surface area contributed by atoms with Gasteiger partial charge in [0.05, 0.1) is 11.3 Å². The van der Waals surface area contributed by atoms with Gasteiger partial charge in [-0.1, -0.05) is 6.92 Å². The molecule has 0 aliphatic carbocycles. The van der Waals surface area contributed by atoms with E-state index in [1.807, 2.05) is 6.07 Å². The van der Waals surface area contributed by atoms with Crippen LogP contribution in [0.1, 0.15) is 30.1 Å². The molecular weight excluding hydrogens is 295 g/mol. The Labute approximate surface area is 134 Å². The van der Waals surface area contributed by atoms with Crippen molar-refractivity contribution in [2.24, 2.45) is 5.92 Å². The van der Waals surface area contributed by atoms with Crippen LogP contribution in [0.25, 0.3) is 0 Å². The Bertz CT molecular complexity index is 681. The first-order valence-corrected chi connectivity index (χ1v) is 7.76. The van der Waals surface area contributed by atoms with E-state index in [-0.39, 0.29) is 5.69 Å². The van der Waals surface area contributed by atoms with Crippen LogP contribution in [0.5, 0.6) is 0 Å². The number of carbonyl (C=O) groups is 1. The molecule has 1 aliphatic heterocycles. The third-order valence-electron chi connectivity index (χ3n) is 4.12. The summed E-state index contributed by atoms with van der Waals surface area (Å²) >= 11 is 0. The smallest absolute Gasteiger partial charge is 0.257 e. The van der Waals surface area contributed by atoms with E-state index in [1.165, 1.54) is 18.5 Å². The normalized spacial score (nSPS) is 15.5. The van der Waals surface area contributed by atoms with Gasteiger partial charge in [-0.05, 0) is 43.0 Å². The monoisotopic (exact) mass is 314 g/mol. The van der Waals surface area contributed by atoms with Crippen LogP contribution in [0.2, 0.25) is 0 Å². The van der Waals surface area contributed by atoms with Crippen molar-refractivity contribution < 1.29 is 9.18 Å². The summed E-state index contributed by atoms with van der Waals surface area (Å²) in [5.41, 5.74) is 0.453. The van der Waals surface area contributed by atoms with Gasteiger partial charge in [0.15, 0.2) is 0 Å². The van der Waals surface area contributed by atoms with Crippen LogP contribution in [-0.4, -0.2) is 29.0 Å². The molecule has 1 N–H and O–H groups in total. The standard InChI is InChI=1S/C17H19FN4O/c1-12-6-9-22(10-7-12)15-5-4-13(11-20-15)17(23)21-14-3-2-8-19-16(14)18/h2-5,8,11-12H,6-7,9-10H2,1H3,(H,21,23). The zero-order valence-corrected chi connectivity index (χ0v) is 13.0. The molecule has 2 aromatic heterocycles. The zero-order valence-electron chi connectivity index (χ0n) is 13.0. The summed E-state index contributed by atoms with van der Waals surface area (Å²) in [6.45, 7) is 4.23. The molecular formula is C17H19FN4O. The van der Waals surface area contributed by atoms with Gasteiger partial charge in [0, 0.05) is 25.5 Å². The van der Waals surface area contributed by atoms with E-state index in [1.54, 1.807) is 12.1 Å². The van der Waals surface area contributed by atoms with Gasteiger partial charge in [-0.25, -0.2) is 9.97 Å². The first kappa shape index (κ1) is 15.4. The summed E-state index contributed by atoms with van der Waals surface area (Å²) in [5.74, 6) is 0.530. The Balaban J connectivity index is 1.67. The number of anilines is 2. The van der Waals surface area contributed by atoms with Crippen LogP contribution in [0, 0.1) is 11.9 Å². The summed E-state index contributed by atoms with van der Waals surface area (Å²) in [6, 6.07) is 6.59. The fourth-order valence-electron chi connectivity index (χ4n) is 2.62. The van der Waals surface area contributed by atoms with Crippen LogP contribution in [-0.2, 0) is 0 Å². The number of aromatic nitrogens is 2. The van der Waals surface area contributed by atoms with E-state index < -0.39 is 11.9 Å². The third-order valence-corrected chi connectivity index (χ3v) is 4.12. The van der Waals surface area contributed by atoms with Gasteiger partial charge in [-0.3, -0.25) is 4.79 Å². The number of hydrogen-bond donors (Lipinski definition) is 1. The molecule has 23 heavy (non-hydrogen) atoms. The Hall–Kier alpha value is -2.50. The van der Waals surface area contributed by atoms with Crippen molar-refractivity contribution in [1.82, 2.24) is 9.97 Å². The molecule has 0 unspecified atom stereocenters. The highest BCUT2D eigenvalue weighted by atomic mass is 19.1. The summed E-state index contributed by atoms with van der Waals surface area (Å²) < 4.78 is 13.5. The Kier molecular flexibility index (Phi) is 4.50. The van der Waals surface area contributed by atoms with Crippen molar-refractivity contribution in [3.63, 3.8) is 0 Å². The number of hydrogen-bond acceptors (Lipinski definition) is 4. The number of halogens is 1. The second-order valence-corrected chi connectivity index (χ2v) is 5.87. The minimum atomic E-state index is -0.701. The van der Waals surface area contributed by atoms with Gasteiger partial charge in [-0.2, -0.15) is 4.39 Å². The van der Waals surface area contributed by atoms with Crippen molar-refractivity contribution in [2.45, 2.75) is 19.8 Å². The van der Waals surface area contributed by atoms with Gasteiger partial charge in [0.1, 0.15) is 5.82 Å². The van der Waals surface area contributed by atoms with Crippen molar-refractivity contribution in [2.75, 3.05) is 23.3 Å². The van der Waals surface area contributed by atoms with Gasteiger partial charge >= 0.3 is 0 Å². The van der Waals surface area contributed by atoms with Crippen molar-refractivity contribution in [3.05, 3.63) is 48.2 Å². The molecule has 3 heterocycles. The van der Waals surface area contributed by atoms with Crippen LogP contribution >= 0.6 is 0 Å². The summed E-state index contributed by atoms with van der Waals surface area (Å²) in [4.78, 5) is 22.2. The van der Waals surface area contributed by atoms with E-state index >= 15 is 0 Å². The van der Waals surface area contributed by atoms with Crippen LogP contribution in [0.15, 0.2) is 36.7 Å². The topological polar surface area (TPSA) is 58.1 Å². The Morgan fingerprint density at radius 3 is 2.70 bits per heavy atom. The number of nitrogens with one attached hydrogen (secondary N) is 1. The number of pyridine rings is 2. The molecule has 1 fully saturated rings. The molecule has 6 heteroatoms. The predicted octanol–water partition coefficient (Wildman–Crippen LogP) is 3.10. The molecule has 3 rings (SSSR count). The molecule has 2 aromatic rings. The number of piperidine rings is 1. The number of amides is 1. The molecule has 1 amide bonds. The highest BCUT2D eigenvalue weighted by molar-refractivity contribution is 6.04. The third kappa shape index (κ3) is 3.64. The van der Waals surface area contributed by atoms with Gasteiger partial charge in [-0.15, -0.1) is 0 Å².